The van der Waals surface area contributed by atoms with Crippen molar-refractivity contribution in [3.8, 4) is 0 Å². The Morgan fingerprint density at radius 1 is 0.556 bits per heavy atom. The van der Waals surface area contributed by atoms with Crippen LogP contribution in [0.5, 0.6) is 0 Å². The summed E-state index contributed by atoms with van der Waals surface area (Å²) in [7, 11) is -0.552. The second-order valence-corrected chi connectivity index (χ2v) is 24.5. The third-order valence-electron chi connectivity index (χ3n) is 4.94. The first-order chi connectivity index (χ1) is 13.0. The Morgan fingerprint density at radius 2 is 1.00 bits per heavy atom. The standard InChI is InChI=1S/C22H16P.3CH3.Sn/c1-3-11-20(12-4-1)23(21-13-5-2-6-14-21)22-16-15-18-9-7-8-10-19(18)17-22;;;;/h1-15,17H;3*1H3;. The molecule has 0 nitrogen and oxygen atoms in total. The predicted octanol–water partition coefficient (Wildman–Crippen LogP) is 5.14. The van der Waals surface area contributed by atoms with Crippen molar-refractivity contribution in [3.63, 3.8) is 0 Å². The van der Waals surface area contributed by atoms with E-state index in [1.54, 1.807) is 8.88 Å². The van der Waals surface area contributed by atoms with Crippen LogP contribution in [0.4, 0.5) is 0 Å². The van der Waals surface area contributed by atoms with E-state index in [1.807, 2.05) is 0 Å². The van der Waals surface area contributed by atoms with E-state index in [4.69, 9.17) is 0 Å². The molecule has 0 radical (unpaired) electrons. The topological polar surface area (TPSA) is 0 Å². The number of hydrogen-bond acceptors (Lipinski definition) is 0. The van der Waals surface area contributed by atoms with Gasteiger partial charge in [-0.3, -0.25) is 0 Å². The quantitative estimate of drug-likeness (QED) is 0.283. The fraction of sp³-hybridized carbons (Fsp3) is 0.120. The van der Waals surface area contributed by atoms with Gasteiger partial charge in [0.2, 0.25) is 0 Å². The second kappa shape index (κ2) is 7.78. The zero-order valence-electron chi connectivity index (χ0n) is 16.2. The first-order valence-electron chi connectivity index (χ1n) is 9.47. The van der Waals surface area contributed by atoms with Crippen LogP contribution < -0.4 is 19.5 Å². The molecule has 0 saturated carbocycles. The molecule has 0 spiro atoms. The molecule has 0 fully saturated rings. The van der Waals surface area contributed by atoms with Gasteiger partial charge in [0.1, 0.15) is 0 Å². The molecule has 0 amide bonds. The van der Waals surface area contributed by atoms with Crippen LogP contribution in [0, 0.1) is 0 Å². The number of fused-ring (bicyclic) bond motifs is 1. The van der Waals surface area contributed by atoms with Crippen molar-refractivity contribution < 1.29 is 0 Å². The summed E-state index contributed by atoms with van der Waals surface area (Å²) in [5.74, 6) is 0. The van der Waals surface area contributed by atoms with E-state index in [0.29, 0.717) is 0 Å². The second-order valence-electron chi connectivity index (χ2n) is 7.97. The third kappa shape index (κ3) is 3.98. The minimum atomic E-state index is -2.32. The van der Waals surface area contributed by atoms with Crippen molar-refractivity contribution in [2.45, 2.75) is 14.8 Å². The van der Waals surface area contributed by atoms with Crippen molar-refractivity contribution in [2.75, 3.05) is 0 Å². The van der Waals surface area contributed by atoms with Crippen molar-refractivity contribution >= 4 is 56.6 Å². The summed E-state index contributed by atoms with van der Waals surface area (Å²) >= 11 is -2.32. The summed E-state index contributed by atoms with van der Waals surface area (Å²) in [4.78, 5) is 7.60. The summed E-state index contributed by atoms with van der Waals surface area (Å²) in [5, 5.41) is 7.16. The Labute approximate surface area is 167 Å². The molecule has 2 heteroatoms. The van der Waals surface area contributed by atoms with Crippen LogP contribution in [0.1, 0.15) is 0 Å². The van der Waals surface area contributed by atoms with Crippen LogP contribution in [0.15, 0.2) is 97.1 Å². The van der Waals surface area contributed by atoms with E-state index in [2.05, 4.69) is 112 Å². The van der Waals surface area contributed by atoms with Crippen molar-refractivity contribution in [1.29, 1.82) is 0 Å². The molecular formula is C25H25PSn. The summed E-state index contributed by atoms with van der Waals surface area (Å²) in [6.45, 7) is 0. The van der Waals surface area contributed by atoms with Crippen molar-refractivity contribution in [1.82, 2.24) is 0 Å². The van der Waals surface area contributed by atoms with E-state index in [0.717, 1.165) is 0 Å². The Bertz CT molecular complexity index is 1010. The molecule has 0 unspecified atom stereocenters. The van der Waals surface area contributed by atoms with Crippen LogP contribution in [0.25, 0.3) is 10.8 Å². The Kier molecular flexibility index (Phi) is 5.39. The van der Waals surface area contributed by atoms with Crippen LogP contribution in [-0.4, -0.2) is 18.4 Å². The molecular weight excluding hydrogens is 450 g/mol. The van der Waals surface area contributed by atoms with Gasteiger partial charge in [-0.25, -0.2) is 0 Å². The SMILES string of the molecule is [CH3][Sn]([CH3])([CH3])[c]1cc2ccccc2cc1P(c1ccccc1)c1ccccc1. The van der Waals surface area contributed by atoms with Crippen molar-refractivity contribution in [2.24, 2.45) is 0 Å². The van der Waals surface area contributed by atoms with Gasteiger partial charge >= 0.3 is 168 Å². The molecule has 134 valence electrons. The van der Waals surface area contributed by atoms with Gasteiger partial charge in [0.25, 0.3) is 0 Å². The predicted molar refractivity (Wildman–Crippen MR) is 126 cm³/mol. The van der Waals surface area contributed by atoms with E-state index >= 15 is 0 Å². The van der Waals surface area contributed by atoms with Gasteiger partial charge in [0.05, 0.1) is 0 Å². The zero-order valence-corrected chi connectivity index (χ0v) is 19.9. The van der Waals surface area contributed by atoms with E-state index < -0.39 is 26.3 Å². The van der Waals surface area contributed by atoms with Crippen LogP contribution in [-0.2, 0) is 0 Å². The molecule has 0 aliphatic heterocycles. The van der Waals surface area contributed by atoms with Gasteiger partial charge in [0, 0.05) is 0 Å². The molecule has 27 heavy (non-hydrogen) atoms. The molecule has 4 aromatic rings. The summed E-state index contributed by atoms with van der Waals surface area (Å²) < 4.78 is 1.65. The fourth-order valence-electron chi connectivity index (χ4n) is 3.60. The first-order valence-corrected chi connectivity index (χ1v) is 20.8. The minimum absolute atomic E-state index is 0.552. The monoisotopic (exact) mass is 476 g/mol. The molecule has 4 rings (SSSR count). The van der Waals surface area contributed by atoms with Gasteiger partial charge in [-0.2, -0.15) is 0 Å². The van der Waals surface area contributed by atoms with Crippen LogP contribution in [0.3, 0.4) is 0 Å². The molecule has 0 N–H and O–H groups in total. The number of benzene rings is 4. The first kappa shape index (κ1) is 18.7. The van der Waals surface area contributed by atoms with E-state index in [1.165, 1.54) is 21.4 Å². The summed E-state index contributed by atoms with van der Waals surface area (Å²) in [6.07, 6.45) is 0. The Hall–Kier alpha value is -1.63. The normalized spacial score (nSPS) is 11.9. The molecule has 0 atom stereocenters. The number of rotatable bonds is 4. The molecule has 0 bridgehead atoms. The third-order valence-corrected chi connectivity index (χ3v) is 13.8. The number of hydrogen-bond donors (Lipinski definition) is 0. The van der Waals surface area contributed by atoms with Crippen molar-refractivity contribution in [3.05, 3.63) is 97.1 Å². The summed E-state index contributed by atoms with van der Waals surface area (Å²) in [6, 6.07) is 35.9. The fourth-order valence-corrected chi connectivity index (χ4v) is 13.3. The van der Waals surface area contributed by atoms with Crippen LogP contribution in [0.2, 0.25) is 14.8 Å². The van der Waals surface area contributed by atoms with Gasteiger partial charge in [-0.15, -0.1) is 0 Å². The molecule has 4 aromatic carbocycles. The van der Waals surface area contributed by atoms with Gasteiger partial charge < -0.3 is 0 Å². The van der Waals surface area contributed by atoms with Gasteiger partial charge in [-0.1, -0.05) is 0 Å². The average Bonchev–Trinajstić information content (AvgIpc) is 2.68. The Balaban J connectivity index is 2.03. The van der Waals surface area contributed by atoms with Gasteiger partial charge in [0.15, 0.2) is 0 Å². The van der Waals surface area contributed by atoms with E-state index in [9.17, 15) is 0 Å². The van der Waals surface area contributed by atoms with E-state index in [-0.39, 0.29) is 0 Å². The average molecular weight is 475 g/mol. The summed E-state index contributed by atoms with van der Waals surface area (Å²) in [5.41, 5.74) is 0. The molecule has 0 aliphatic carbocycles. The van der Waals surface area contributed by atoms with Crippen LogP contribution >= 0.6 is 7.92 Å². The molecule has 0 saturated heterocycles. The van der Waals surface area contributed by atoms with Gasteiger partial charge in [-0.05, 0) is 0 Å². The maximum atomic E-state index is 2.53. The Morgan fingerprint density at radius 3 is 1.48 bits per heavy atom. The molecule has 0 heterocycles. The zero-order chi connectivity index (χ0) is 18.9. The maximum absolute atomic E-state index is 2.53. The molecule has 0 aliphatic rings. The molecule has 0 aromatic heterocycles.